The molecular formula is C27H27N5O2. The van der Waals surface area contributed by atoms with Crippen molar-refractivity contribution in [1.82, 2.24) is 19.8 Å². The standard InChI is InChI=1S/C27H27N5O2/c1-19-9-10-21(17-20(19)2)24-25(27(34)32(26(24)33)18-22-7-3-5-11-28-22)31-15-13-30(14-16-31)23-8-4-6-12-29-23/h3-12,17H,13-16,18H2,1-2H3. The average Bonchev–Trinajstić information content (AvgIpc) is 3.12. The maximum absolute atomic E-state index is 13.7. The van der Waals surface area contributed by atoms with Crippen LogP contribution in [0.1, 0.15) is 22.4 Å². The van der Waals surface area contributed by atoms with Gasteiger partial charge in [0, 0.05) is 38.6 Å². The fraction of sp³-hybridized carbons (Fsp3) is 0.259. The molecule has 0 radical (unpaired) electrons. The van der Waals surface area contributed by atoms with Crippen molar-refractivity contribution >= 4 is 23.2 Å². The van der Waals surface area contributed by atoms with Crippen LogP contribution in [-0.4, -0.2) is 57.8 Å². The molecule has 4 heterocycles. The summed E-state index contributed by atoms with van der Waals surface area (Å²) >= 11 is 0. The van der Waals surface area contributed by atoms with Gasteiger partial charge in [0.25, 0.3) is 11.8 Å². The second kappa shape index (κ2) is 9.09. The van der Waals surface area contributed by atoms with E-state index in [-0.39, 0.29) is 18.4 Å². The third-order valence-electron chi connectivity index (χ3n) is 6.55. The molecule has 0 saturated carbocycles. The number of hydrogen-bond donors (Lipinski definition) is 0. The number of carbonyl (C=O) groups is 2. The van der Waals surface area contributed by atoms with Gasteiger partial charge in [0.1, 0.15) is 11.5 Å². The molecule has 5 rings (SSSR count). The van der Waals surface area contributed by atoms with Crippen LogP contribution in [0.2, 0.25) is 0 Å². The molecule has 0 spiro atoms. The third-order valence-corrected chi connectivity index (χ3v) is 6.55. The largest absolute Gasteiger partial charge is 0.363 e. The molecule has 7 heteroatoms. The molecule has 2 amide bonds. The Labute approximate surface area is 199 Å². The van der Waals surface area contributed by atoms with Gasteiger partial charge in [-0.05, 0) is 54.8 Å². The normalized spacial score (nSPS) is 16.6. The average molecular weight is 454 g/mol. The summed E-state index contributed by atoms with van der Waals surface area (Å²) in [5.41, 5.74) is 4.68. The topological polar surface area (TPSA) is 69.6 Å². The number of aryl methyl sites for hydroxylation is 2. The Hall–Kier alpha value is -4.00. The zero-order valence-corrected chi connectivity index (χ0v) is 19.4. The van der Waals surface area contributed by atoms with Crippen molar-refractivity contribution in [3.63, 3.8) is 0 Å². The number of piperazine rings is 1. The molecule has 0 unspecified atom stereocenters. The number of nitrogens with zero attached hydrogens (tertiary/aromatic N) is 5. The van der Waals surface area contributed by atoms with Gasteiger partial charge in [-0.1, -0.05) is 30.3 Å². The number of hydrogen-bond acceptors (Lipinski definition) is 6. The maximum atomic E-state index is 13.7. The summed E-state index contributed by atoms with van der Waals surface area (Å²) in [5.74, 6) is 0.410. The predicted molar refractivity (Wildman–Crippen MR) is 131 cm³/mol. The lowest BCUT2D eigenvalue weighted by molar-refractivity contribution is -0.138. The van der Waals surface area contributed by atoms with Crippen LogP contribution in [0.5, 0.6) is 0 Å². The van der Waals surface area contributed by atoms with Gasteiger partial charge in [-0.15, -0.1) is 0 Å². The Morgan fingerprint density at radius 3 is 2.12 bits per heavy atom. The van der Waals surface area contributed by atoms with E-state index >= 15 is 0 Å². The highest BCUT2D eigenvalue weighted by molar-refractivity contribution is 6.35. The van der Waals surface area contributed by atoms with Crippen molar-refractivity contribution in [1.29, 1.82) is 0 Å². The highest BCUT2D eigenvalue weighted by Gasteiger charge is 2.42. The van der Waals surface area contributed by atoms with Gasteiger partial charge in [-0.2, -0.15) is 0 Å². The molecule has 0 atom stereocenters. The molecule has 1 fully saturated rings. The first kappa shape index (κ1) is 21.8. The van der Waals surface area contributed by atoms with E-state index in [1.54, 1.807) is 12.4 Å². The lowest BCUT2D eigenvalue weighted by atomic mass is 9.99. The van der Waals surface area contributed by atoms with Crippen LogP contribution in [-0.2, 0) is 16.1 Å². The molecule has 1 saturated heterocycles. The Morgan fingerprint density at radius 2 is 1.47 bits per heavy atom. The number of aromatic nitrogens is 2. The van der Waals surface area contributed by atoms with Gasteiger partial charge in [0.2, 0.25) is 0 Å². The van der Waals surface area contributed by atoms with E-state index < -0.39 is 0 Å². The Balaban J connectivity index is 1.48. The second-order valence-electron chi connectivity index (χ2n) is 8.70. The number of carbonyl (C=O) groups excluding carboxylic acids is 2. The maximum Gasteiger partial charge on any atom is 0.278 e. The molecule has 0 bridgehead atoms. The van der Waals surface area contributed by atoms with Gasteiger partial charge in [-0.3, -0.25) is 19.5 Å². The molecule has 0 aliphatic carbocycles. The zero-order chi connectivity index (χ0) is 23.7. The van der Waals surface area contributed by atoms with Gasteiger partial charge >= 0.3 is 0 Å². The minimum absolute atomic E-state index is 0.157. The second-order valence-corrected chi connectivity index (χ2v) is 8.70. The van der Waals surface area contributed by atoms with E-state index in [2.05, 4.69) is 19.8 Å². The van der Waals surface area contributed by atoms with Crippen molar-refractivity contribution in [2.45, 2.75) is 20.4 Å². The monoisotopic (exact) mass is 453 g/mol. The number of anilines is 1. The van der Waals surface area contributed by atoms with E-state index in [1.807, 2.05) is 68.4 Å². The fourth-order valence-corrected chi connectivity index (χ4v) is 4.51. The molecule has 7 nitrogen and oxygen atoms in total. The van der Waals surface area contributed by atoms with E-state index in [0.29, 0.717) is 30.1 Å². The van der Waals surface area contributed by atoms with Crippen LogP contribution in [0.15, 0.2) is 72.7 Å². The summed E-state index contributed by atoms with van der Waals surface area (Å²) in [6, 6.07) is 17.3. The van der Waals surface area contributed by atoms with Crippen LogP contribution in [0.25, 0.3) is 5.57 Å². The first-order valence-corrected chi connectivity index (χ1v) is 11.5. The first-order valence-electron chi connectivity index (χ1n) is 11.5. The van der Waals surface area contributed by atoms with Crippen LogP contribution in [0, 0.1) is 13.8 Å². The summed E-state index contributed by atoms with van der Waals surface area (Å²) in [6.45, 7) is 6.94. The van der Waals surface area contributed by atoms with Crippen LogP contribution < -0.4 is 4.90 Å². The van der Waals surface area contributed by atoms with Crippen molar-refractivity contribution in [2.75, 3.05) is 31.1 Å². The smallest absolute Gasteiger partial charge is 0.278 e. The minimum atomic E-state index is -0.263. The van der Waals surface area contributed by atoms with Gasteiger partial charge in [0.15, 0.2) is 0 Å². The Morgan fingerprint density at radius 1 is 0.765 bits per heavy atom. The lowest BCUT2D eigenvalue weighted by Crippen LogP contribution is -2.47. The quantitative estimate of drug-likeness (QED) is 0.553. The lowest BCUT2D eigenvalue weighted by Gasteiger charge is -2.37. The fourth-order valence-electron chi connectivity index (χ4n) is 4.51. The summed E-state index contributed by atoms with van der Waals surface area (Å²) in [6.07, 6.45) is 3.46. The van der Waals surface area contributed by atoms with Crippen molar-refractivity contribution in [3.05, 3.63) is 95.1 Å². The third kappa shape index (κ3) is 4.05. The van der Waals surface area contributed by atoms with Crippen molar-refractivity contribution in [3.8, 4) is 0 Å². The van der Waals surface area contributed by atoms with E-state index in [0.717, 1.165) is 35.6 Å². The molecular weight excluding hydrogens is 426 g/mol. The molecule has 2 aliphatic heterocycles. The van der Waals surface area contributed by atoms with Crippen LogP contribution >= 0.6 is 0 Å². The van der Waals surface area contributed by atoms with Gasteiger partial charge < -0.3 is 9.80 Å². The zero-order valence-electron chi connectivity index (χ0n) is 19.4. The predicted octanol–water partition coefficient (Wildman–Crippen LogP) is 3.20. The number of pyridine rings is 2. The van der Waals surface area contributed by atoms with Gasteiger partial charge in [-0.25, -0.2) is 4.98 Å². The van der Waals surface area contributed by atoms with E-state index in [4.69, 9.17) is 0 Å². The molecule has 2 aliphatic rings. The van der Waals surface area contributed by atoms with Crippen LogP contribution in [0.4, 0.5) is 5.82 Å². The highest BCUT2D eigenvalue weighted by atomic mass is 16.2. The Kier molecular flexibility index (Phi) is 5.84. The van der Waals surface area contributed by atoms with Crippen LogP contribution in [0.3, 0.4) is 0 Å². The van der Waals surface area contributed by atoms with E-state index in [1.165, 1.54) is 4.90 Å². The Bertz CT molecular complexity index is 1250. The number of rotatable bonds is 5. The molecule has 2 aromatic heterocycles. The number of benzene rings is 1. The highest BCUT2D eigenvalue weighted by Crippen LogP contribution is 2.34. The SMILES string of the molecule is Cc1ccc(C2=C(N3CCN(c4ccccn4)CC3)C(=O)N(Cc3ccccn3)C2=O)cc1C. The molecule has 3 aromatic rings. The molecule has 34 heavy (non-hydrogen) atoms. The summed E-state index contributed by atoms with van der Waals surface area (Å²) in [7, 11) is 0. The van der Waals surface area contributed by atoms with Crippen molar-refractivity contribution in [2.24, 2.45) is 0 Å². The first-order chi connectivity index (χ1) is 16.5. The minimum Gasteiger partial charge on any atom is -0.363 e. The molecule has 0 N–H and O–H groups in total. The molecule has 1 aromatic carbocycles. The summed E-state index contributed by atoms with van der Waals surface area (Å²) in [5, 5.41) is 0. The van der Waals surface area contributed by atoms with Crippen molar-refractivity contribution < 1.29 is 9.59 Å². The number of amides is 2. The molecule has 172 valence electrons. The van der Waals surface area contributed by atoms with E-state index in [9.17, 15) is 9.59 Å². The summed E-state index contributed by atoms with van der Waals surface area (Å²) in [4.78, 5) is 41.7. The number of imide groups is 1. The summed E-state index contributed by atoms with van der Waals surface area (Å²) < 4.78 is 0. The van der Waals surface area contributed by atoms with Gasteiger partial charge in [0.05, 0.1) is 17.8 Å².